The first kappa shape index (κ1) is 14.5. The zero-order chi connectivity index (χ0) is 13.9. The van der Waals surface area contributed by atoms with E-state index >= 15 is 0 Å². The third-order valence-electron chi connectivity index (χ3n) is 4.40. The van der Waals surface area contributed by atoms with Crippen molar-refractivity contribution < 1.29 is 0 Å². The number of aromatic nitrogens is 1. The van der Waals surface area contributed by atoms with Crippen molar-refractivity contribution >= 4 is 0 Å². The van der Waals surface area contributed by atoms with Gasteiger partial charge in [0.1, 0.15) is 0 Å². The van der Waals surface area contributed by atoms with E-state index in [2.05, 4.69) is 49.1 Å². The van der Waals surface area contributed by atoms with Crippen LogP contribution in [0.5, 0.6) is 0 Å². The summed E-state index contributed by atoms with van der Waals surface area (Å²) in [5, 5.41) is 3.50. The average Bonchev–Trinajstić information content (AvgIpc) is 2.40. The lowest BCUT2D eigenvalue weighted by Crippen LogP contribution is -2.53. The topological polar surface area (TPSA) is 28.2 Å². The molecule has 2 rings (SSSR count). The van der Waals surface area contributed by atoms with Crippen LogP contribution in [0.15, 0.2) is 18.5 Å². The summed E-state index contributed by atoms with van der Waals surface area (Å²) >= 11 is 0. The van der Waals surface area contributed by atoms with Crippen LogP contribution in [0.1, 0.15) is 50.3 Å². The van der Waals surface area contributed by atoms with Crippen molar-refractivity contribution in [2.45, 2.75) is 51.6 Å². The summed E-state index contributed by atoms with van der Waals surface area (Å²) in [7, 11) is 2.05. The number of pyridine rings is 1. The molecule has 1 aliphatic heterocycles. The fraction of sp³-hybridized carbons (Fsp3) is 0.688. The number of hydrogen-bond acceptors (Lipinski definition) is 3. The molecule has 1 unspecified atom stereocenters. The van der Waals surface area contributed by atoms with Crippen molar-refractivity contribution in [1.82, 2.24) is 15.2 Å². The van der Waals surface area contributed by atoms with Gasteiger partial charge in [-0.3, -0.25) is 9.88 Å². The molecule has 19 heavy (non-hydrogen) atoms. The highest BCUT2D eigenvalue weighted by atomic mass is 15.2. The lowest BCUT2D eigenvalue weighted by molar-refractivity contribution is 0.0631. The van der Waals surface area contributed by atoms with E-state index in [4.69, 9.17) is 0 Å². The molecule has 1 saturated heterocycles. The molecule has 2 heterocycles. The van der Waals surface area contributed by atoms with E-state index < -0.39 is 0 Å². The number of piperidine rings is 1. The molecule has 1 atom stereocenters. The van der Waals surface area contributed by atoms with Gasteiger partial charge in [-0.15, -0.1) is 0 Å². The summed E-state index contributed by atoms with van der Waals surface area (Å²) in [6.45, 7) is 9.23. The number of hydrogen-bond donors (Lipinski definition) is 1. The molecule has 0 aromatic carbocycles. The Balaban J connectivity index is 2.24. The maximum absolute atomic E-state index is 4.35. The van der Waals surface area contributed by atoms with Gasteiger partial charge in [-0.05, 0) is 64.9 Å². The first-order valence-corrected chi connectivity index (χ1v) is 7.39. The van der Waals surface area contributed by atoms with Gasteiger partial charge in [0, 0.05) is 17.9 Å². The molecule has 1 aromatic heterocycles. The van der Waals surface area contributed by atoms with E-state index in [-0.39, 0.29) is 5.54 Å². The number of aryl methyl sites for hydroxylation is 1. The van der Waals surface area contributed by atoms with E-state index in [0.717, 1.165) is 0 Å². The van der Waals surface area contributed by atoms with Gasteiger partial charge in [0.25, 0.3) is 0 Å². The smallest absolute Gasteiger partial charge is 0.0514 e. The summed E-state index contributed by atoms with van der Waals surface area (Å²) in [5.41, 5.74) is 2.63. The van der Waals surface area contributed by atoms with Crippen molar-refractivity contribution in [2.75, 3.05) is 20.1 Å². The molecule has 1 aliphatic rings. The first-order chi connectivity index (χ1) is 9.05. The van der Waals surface area contributed by atoms with E-state index in [1.165, 1.54) is 43.5 Å². The van der Waals surface area contributed by atoms with Gasteiger partial charge >= 0.3 is 0 Å². The Kier molecular flexibility index (Phi) is 4.58. The summed E-state index contributed by atoms with van der Waals surface area (Å²) in [6, 6.07) is 2.57. The van der Waals surface area contributed by atoms with Gasteiger partial charge in [0.2, 0.25) is 0 Å². The molecular weight excluding hydrogens is 234 g/mol. The largest absolute Gasteiger partial charge is 0.311 e. The lowest BCUT2D eigenvalue weighted by atomic mass is 9.86. The zero-order valence-electron chi connectivity index (χ0n) is 12.7. The van der Waals surface area contributed by atoms with E-state index in [0.29, 0.717) is 6.04 Å². The quantitative estimate of drug-likeness (QED) is 0.903. The summed E-state index contributed by atoms with van der Waals surface area (Å²) in [6.07, 6.45) is 7.95. The highest BCUT2D eigenvalue weighted by Gasteiger charge is 2.36. The van der Waals surface area contributed by atoms with Gasteiger partial charge < -0.3 is 5.32 Å². The van der Waals surface area contributed by atoms with E-state index in [1.807, 2.05) is 12.4 Å². The second-order valence-corrected chi connectivity index (χ2v) is 6.22. The predicted molar refractivity (Wildman–Crippen MR) is 80.3 cm³/mol. The highest BCUT2D eigenvalue weighted by molar-refractivity contribution is 5.23. The van der Waals surface area contributed by atoms with Crippen LogP contribution >= 0.6 is 0 Å². The second-order valence-electron chi connectivity index (χ2n) is 6.22. The Morgan fingerprint density at radius 2 is 1.89 bits per heavy atom. The van der Waals surface area contributed by atoms with Crippen LogP contribution in [0, 0.1) is 6.92 Å². The molecule has 1 fully saturated rings. The van der Waals surface area contributed by atoms with Crippen LogP contribution in [-0.4, -0.2) is 35.6 Å². The zero-order valence-corrected chi connectivity index (χ0v) is 12.7. The minimum absolute atomic E-state index is 0.116. The number of rotatable bonds is 4. The van der Waals surface area contributed by atoms with Crippen molar-refractivity contribution in [1.29, 1.82) is 0 Å². The average molecular weight is 261 g/mol. The normalized spacial score (nSPS) is 19.4. The maximum Gasteiger partial charge on any atom is 0.0514 e. The van der Waals surface area contributed by atoms with Gasteiger partial charge in [-0.2, -0.15) is 0 Å². The molecule has 0 amide bonds. The molecule has 0 saturated carbocycles. The third-order valence-corrected chi connectivity index (χ3v) is 4.40. The fourth-order valence-electron chi connectivity index (χ4n) is 3.32. The molecule has 1 N–H and O–H groups in total. The molecule has 106 valence electrons. The number of nitrogens with one attached hydrogen (secondary N) is 1. The third kappa shape index (κ3) is 3.15. The Hall–Kier alpha value is -0.930. The van der Waals surface area contributed by atoms with E-state index in [9.17, 15) is 0 Å². The second kappa shape index (κ2) is 6.02. The minimum Gasteiger partial charge on any atom is -0.311 e. The Labute approximate surface area is 117 Å². The maximum atomic E-state index is 4.35. The minimum atomic E-state index is 0.116. The Bertz CT molecular complexity index is 408. The molecule has 3 nitrogen and oxygen atoms in total. The predicted octanol–water partition coefficient (Wildman–Crippen LogP) is 2.92. The van der Waals surface area contributed by atoms with Crippen LogP contribution in [0.4, 0.5) is 0 Å². The number of likely N-dealkylation sites (N-methyl/N-ethyl adjacent to an activating group) is 1. The van der Waals surface area contributed by atoms with E-state index in [1.54, 1.807) is 0 Å². The van der Waals surface area contributed by atoms with Crippen LogP contribution in [0.3, 0.4) is 0 Å². The van der Waals surface area contributed by atoms with Crippen molar-refractivity contribution in [3.8, 4) is 0 Å². The van der Waals surface area contributed by atoms with Crippen LogP contribution in [0.25, 0.3) is 0 Å². The van der Waals surface area contributed by atoms with Crippen LogP contribution in [-0.2, 0) is 0 Å². The molecule has 1 aromatic rings. The van der Waals surface area contributed by atoms with Crippen LogP contribution in [0.2, 0.25) is 0 Å². The van der Waals surface area contributed by atoms with Gasteiger partial charge in [-0.25, -0.2) is 0 Å². The summed E-state index contributed by atoms with van der Waals surface area (Å²) in [4.78, 5) is 6.98. The van der Waals surface area contributed by atoms with Gasteiger partial charge in [0.15, 0.2) is 0 Å². The molecule has 0 spiro atoms. The Morgan fingerprint density at radius 3 is 2.47 bits per heavy atom. The Morgan fingerprint density at radius 1 is 1.21 bits per heavy atom. The van der Waals surface area contributed by atoms with Gasteiger partial charge in [0.05, 0.1) is 6.04 Å². The molecule has 0 bridgehead atoms. The molecule has 3 heteroatoms. The molecular formula is C16H27N3. The van der Waals surface area contributed by atoms with Crippen molar-refractivity contribution in [3.63, 3.8) is 0 Å². The monoisotopic (exact) mass is 261 g/mol. The summed E-state index contributed by atoms with van der Waals surface area (Å²) in [5.74, 6) is 0. The van der Waals surface area contributed by atoms with Gasteiger partial charge in [-0.1, -0.05) is 12.5 Å². The standard InChI is InChI=1S/C16H27N3/c1-13-10-14(12-18-11-13)15(17-4)16(2,3)19-8-6-5-7-9-19/h10-12,15,17H,5-9H2,1-4H3. The SMILES string of the molecule is CNC(c1cncc(C)c1)C(C)(C)N1CCCCC1. The lowest BCUT2D eigenvalue weighted by Gasteiger charge is -2.46. The van der Waals surface area contributed by atoms with Crippen molar-refractivity contribution in [2.24, 2.45) is 0 Å². The first-order valence-electron chi connectivity index (χ1n) is 7.39. The molecule has 0 radical (unpaired) electrons. The summed E-state index contributed by atoms with van der Waals surface area (Å²) < 4.78 is 0. The van der Waals surface area contributed by atoms with Crippen molar-refractivity contribution in [3.05, 3.63) is 29.6 Å². The number of likely N-dealkylation sites (tertiary alicyclic amines) is 1. The highest BCUT2D eigenvalue weighted by Crippen LogP contribution is 2.32. The number of nitrogens with zero attached hydrogens (tertiary/aromatic N) is 2. The fourth-order valence-corrected chi connectivity index (χ4v) is 3.32. The molecule has 0 aliphatic carbocycles. The van der Waals surface area contributed by atoms with Crippen LogP contribution < -0.4 is 5.32 Å².